The van der Waals surface area contributed by atoms with Gasteiger partial charge in [-0.1, -0.05) is 0 Å². The van der Waals surface area contributed by atoms with Crippen molar-refractivity contribution in [1.29, 1.82) is 5.26 Å². The van der Waals surface area contributed by atoms with E-state index in [0.29, 0.717) is 12.3 Å². The summed E-state index contributed by atoms with van der Waals surface area (Å²) in [4.78, 5) is 10.3. The highest BCUT2D eigenvalue weighted by Crippen LogP contribution is 2.24. The largest absolute Gasteiger partial charge is 0.382 e. The van der Waals surface area contributed by atoms with Gasteiger partial charge in [0, 0.05) is 18.9 Å². The molecular weight excluding hydrogens is 234 g/mol. The number of nitriles is 1. The van der Waals surface area contributed by atoms with Gasteiger partial charge in [0.05, 0.1) is 17.1 Å². The molecule has 0 bridgehead atoms. The van der Waals surface area contributed by atoms with Crippen LogP contribution in [0.1, 0.15) is 19.4 Å². The Morgan fingerprint density at radius 1 is 1.56 bits per heavy atom. The molecule has 0 saturated carbocycles. The number of nitro benzene ring substituents is 1. The number of nitro groups is 1. The van der Waals surface area contributed by atoms with Crippen LogP contribution in [-0.4, -0.2) is 24.2 Å². The summed E-state index contributed by atoms with van der Waals surface area (Å²) in [7, 11) is 1.59. The Kier molecular flexibility index (Phi) is 4.23. The van der Waals surface area contributed by atoms with Gasteiger partial charge in [-0.25, -0.2) is 0 Å². The minimum absolute atomic E-state index is 0.0510. The Bertz CT molecular complexity index is 492. The van der Waals surface area contributed by atoms with E-state index < -0.39 is 4.92 Å². The minimum atomic E-state index is -0.562. The van der Waals surface area contributed by atoms with E-state index in [9.17, 15) is 10.1 Å². The van der Waals surface area contributed by atoms with Gasteiger partial charge in [0.2, 0.25) is 0 Å². The van der Waals surface area contributed by atoms with Crippen molar-refractivity contribution in [3.63, 3.8) is 0 Å². The van der Waals surface area contributed by atoms with Crippen LogP contribution in [0, 0.1) is 21.4 Å². The maximum absolute atomic E-state index is 10.8. The van der Waals surface area contributed by atoms with Gasteiger partial charge in [-0.05, 0) is 26.0 Å². The summed E-state index contributed by atoms with van der Waals surface area (Å²) >= 11 is 0. The molecule has 0 saturated heterocycles. The lowest BCUT2D eigenvalue weighted by Crippen LogP contribution is -2.35. The van der Waals surface area contributed by atoms with Crippen LogP contribution in [-0.2, 0) is 4.74 Å². The van der Waals surface area contributed by atoms with Crippen LogP contribution in [0.15, 0.2) is 18.2 Å². The van der Waals surface area contributed by atoms with Crippen molar-refractivity contribution in [1.82, 2.24) is 0 Å². The molecule has 1 aromatic rings. The molecule has 6 nitrogen and oxygen atoms in total. The second kappa shape index (κ2) is 5.47. The highest BCUT2D eigenvalue weighted by molar-refractivity contribution is 5.59. The van der Waals surface area contributed by atoms with Crippen molar-refractivity contribution in [2.45, 2.75) is 19.4 Å². The van der Waals surface area contributed by atoms with E-state index >= 15 is 0 Å². The molecule has 0 aliphatic rings. The van der Waals surface area contributed by atoms with Crippen molar-refractivity contribution in [2.75, 3.05) is 19.0 Å². The molecule has 0 radical (unpaired) electrons. The zero-order chi connectivity index (χ0) is 13.8. The highest BCUT2D eigenvalue weighted by Gasteiger charge is 2.20. The monoisotopic (exact) mass is 249 g/mol. The molecule has 0 aliphatic heterocycles. The predicted molar refractivity (Wildman–Crippen MR) is 67.4 cm³/mol. The molecular formula is C12H15N3O3. The van der Waals surface area contributed by atoms with Crippen LogP contribution >= 0.6 is 0 Å². The third-order valence-electron chi connectivity index (χ3n) is 2.30. The van der Waals surface area contributed by atoms with Crippen LogP contribution in [0.5, 0.6) is 0 Å². The number of nitrogens with zero attached hydrogens (tertiary/aromatic N) is 2. The molecule has 0 fully saturated rings. The molecule has 0 spiro atoms. The van der Waals surface area contributed by atoms with Gasteiger partial charge in [0.15, 0.2) is 0 Å². The van der Waals surface area contributed by atoms with Crippen LogP contribution in [0.2, 0.25) is 0 Å². The van der Waals surface area contributed by atoms with Gasteiger partial charge in [-0.3, -0.25) is 10.1 Å². The van der Waals surface area contributed by atoms with E-state index in [1.165, 1.54) is 12.1 Å². The van der Waals surface area contributed by atoms with Crippen LogP contribution < -0.4 is 5.32 Å². The fourth-order valence-electron chi connectivity index (χ4n) is 1.64. The Hall–Kier alpha value is -2.13. The lowest BCUT2D eigenvalue weighted by molar-refractivity contribution is -0.385. The number of ether oxygens (including phenoxy) is 1. The van der Waals surface area contributed by atoms with E-state index in [-0.39, 0.29) is 16.8 Å². The van der Waals surface area contributed by atoms with Crippen molar-refractivity contribution in [3.05, 3.63) is 33.9 Å². The SMILES string of the molecule is COCC(C)(C)Nc1ccc(C#N)c([N+](=O)[O-])c1. The highest BCUT2D eigenvalue weighted by atomic mass is 16.6. The van der Waals surface area contributed by atoms with E-state index in [0.717, 1.165) is 0 Å². The van der Waals surface area contributed by atoms with Gasteiger partial charge in [-0.2, -0.15) is 5.26 Å². The van der Waals surface area contributed by atoms with E-state index in [1.807, 2.05) is 13.8 Å². The topological polar surface area (TPSA) is 88.2 Å². The van der Waals surface area contributed by atoms with E-state index in [4.69, 9.17) is 10.00 Å². The normalized spacial score (nSPS) is 10.8. The molecule has 96 valence electrons. The van der Waals surface area contributed by atoms with Gasteiger partial charge >= 0.3 is 0 Å². The number of anilines is 1. The van der Waals surface area contributed by atoms with Crippen molar-refractivity contribution >= 4 is 11.4 Å². The summed E-state index contributed by atoms with van der Waals surface area (Å²) in [5, 5.41) is 22.7. The molecule has 0 unspecified atom stereocenters. The predicted octanol–water partition coefficient (Wildman–Crippen LogP) is 2.30. The molecule has 1 N–H and O–H groups in total. The van der Waals surface area contributed by atoms with Crippen LogP contribution in [0.3, 0.4) is 0 Å². The fraction of sp³-hybridized carbons (Fsp3) is 0.417. The van der Waals surface area contributed by atoms with E-state index in [1.54, 1.807) is 19.2 Å². The molecule has 0 aliphatic carbocycles. The van der Waals surface area contributed by atoms with Crippen molar-refractivity contribution in [3.8, 4) is 6.07 Å². The van der Waals surface area contributed by atoms with Gasteiger partial charge < -0.3 is 10.1 Å². The number of nitrogens with one attached hydrogen (secondary N) is 1. The van der Waals surface area contributed by atoms with E-state index in [2.05, 4.69) is 5.32 Å². The lowest BCUT2D eigenvalue weighted by atomic mass is 10.1. The Morgan fingerprint density at radius 2 is 2.22 bits per heavy atom. The maximum atomic E-state index is 10.8. The molecule has 0 amide bonds. The Balaban J connectivity index is 3.03. The summed E-state index contributed by atoms with van der Waals surface area (Å²) < 4.78 is 5.05. The van der Waals surface area contributed by atoms with Crippen molar-refractivity contribution < 1.29 is 9.66 Å². The minimum Gasteiger partial charge on any atom is -0.382 e. The first kappa shape index (κ1) is 13.9. The standard InChI is InChI=1S/C12H15N3O3/c1-12(2,8-18-3)14-10-5-4-9(7-13)11(6-10)15(16)17/h4-6,14H,8H2,1-3H3. The summed E-state index contributed by atoms with van der Waals surface area (Å²) in [6.07, 6.45) is 0. The number of methoxy groups -OCH3 is 1. The van der Waals surface area contributed by atoms with Gasteiger partial charge in [0.25, 0.3) is 5.69 Å². The summed E-state index contributed by atoms with van der Waals surface area (Å²) in [5.74, 6) is 0. The third-order valence-corrected chi connectivity index (χ3v) is 2.30. The number of hydrogen-bond donors (Lipinski definition) is 1. The Morgan fingerprint density at radius 3 is 2.72 bits per heavy atom. The first-order valence-corrected chi connectivity index (χ1v) is 5.35. The summed E-state index contributed by atoms with van der Waals surface area (Å²) in [6, 6.07) is 6.23. The second-order valence-electron chi connectivity index (χ2n) is 4.54. The fourth-order valence-corrected chi connectivity index (χ4v) is 1.64. The second-order valence-corrected chi connectivity index (χ2v) is 4.54. The number of rotatable bonds is 5. The quantitative estimate of drug-likeness (QED) is 0.639. The first-order valence-electron chi connectivity index (χ1n) is 5.35. The number of hydrogen-bond acceptors (Lipinski definition) is 5. The van der Waals surface area contributed by atoms with Gasteiger partial charge in [0.1, 0.15) is 11.6 Å². The van der Waals surface area contributed by atoms with Crippen LogP contribution in [0.25, 0.3) is 0 Å². The van der Waals surface area contributed by atoms with Crippen LogP contribution in [0.4, 0.5) is 11.4 Å². The smallest absolute Gasteiger partial charge is 0.289 e. The average Bonchev–Trinajstić information content (AvgIpc) is 2.28. The molecule has 0 atom stereocenters. The molecule has 1 rings (SSSR count). The zero-order valence-electron chi connectivity index (χ0n) is 10.6. The lowest BCUT2D eigenvalue weighted by Gasteiger charge is -2.26. The molecule has 0 heterocycles. The summed E-state index contributed by atoms with van der Waals surface area (Å²) in [6.45, 7) is 4.29. The molecule has 6 heteroatoms. The molecule has 1 aromatic carbocycles. The average molecular weight is 249 g/mol. The van der Waals surface area contributed by atoms with Gasteiger partial charge in [-0.15, -0.1) is 0 Å². The number of benzene rings is 1. The van der Waals surface area contributed by atoms with Crippen molar-refractivity contribution in [2.24, 2.45) is 0 Å². The Labute approximate surface area is 105 Å². The summed E-state index contributed by atoms with van der Waals surface area (Å²) in [5.41, 5.74) is 0.0881. The molecule has 0 aromatic heterocycles. The zero-order valence-corrected chi connectivity index (χ0v) is 10.6. The maximum Gasteiger partial charge on any atom is 0.289 e. The third kappa shape index (κ3) is 3.43. The molecule has 18 heavy (non-hydrogen) atoms. The first-order chi connectivity index (χ1) is 8.39.